The number of ether oxygens (including phenoxy) is 1. The summed E-state index contributed by atoms with van der Waals surface area (Å²) >= 11 is 0. The zero-order valence-corrected chi connectivity index (χ0v) is 17.6. The van der Waals surface area contributed by atoms with Crippen molar-refractivity contribution < 1.29 is 14.3 Å². The molecule has 1 heterocycles. The number of carbonyl (C=O) groups excluding carboxylic acids is 2. The standard InChI is InChI=1S/C24H29N3O3/c1-3-27(4-2)20-14-12-19(13-15-20)26-23(28)17-30-24(29)11-7-8-18-16-25-22-10-6-5-9-21(18)22/h5-6,9-10,12-16,25H,3-4,7-8,11,17H2,1-2H3,(H,26,28). The van der Waals surface area contributed by atoms with Crippen molar-refractivity contribution in [3.05, 3.63) is 60.3 Å². The molecule has 0 fully saturated rings. The van der Waals surface area contributed by atoms with Gasteiger partial charge in [-0.15, -0.1) is 0 Å². The second-order valence-electron chi connectivity index (χ2n) is 7.14. The number of para-hydroxylation sites is 1. The highest BCUT2D eigenvalue weighted by atomic mass is 16.5. The number of aromatic nitrogens is 1. The van der Waals surface area contributed by atoms with E-state index in [0.29, 0.717) is 12.1 Å². The van der Waals surface area contributed by atoms with E-state index in [4.69, 9.17) is 4.74 Å². The van der Waals surface area contributed by atoms with E-state index in [9.17, 15) is 9.59 Å². The van der Waals surface area contributed by atoms with Crippen LogP contribution in [0.25, 0.3) is 10.9 Å². The third-order valence-electron chi connectivity index (χ3n) is 5.15. The first-order valence-corrected chi connectivity index (χ1v) is 10.5. The van der Waals surface area contributed by atoms with Gasteiger partial charge in [0.15, 0.2) is 6.61 Å². The summed E-state index contributed by atoms with van der Waals surface area (Å²) in [4.78, 5) is 29.5. The topological polar surface area (TPSA) is 74.4 Å². The van der Waals surface area contributed by atoms with E-state index in [0.717, 1.165) is 30.7 Å². The van der Waals surface area contributed by atoms with Crippen LogP contribution in [0.3, 0.4) is 0 Å². The van der Waals surface area contributed by atoms with Gasteiger partial charge in [0.25, 0.3) is 5.91 Å². The molecule has 3 rings (SSSR count). The number of rotatable bonds is 10. The molecule has 0 aliphatic heterocycles. The number of carbonyl (C=O) groups is 2. The van der Waals surface area contributed by atoms with E-state index in [1.165, 1.54) is 10.9 Å². The third kappa shape index (κ3) is 5.63. The van der Waals surface area contributed by atoms with E-state index in [1.807, 2.05) is 48.7 Å². The predicted octanol–water partition coefficient (Wildman–Crippen LogP) is 4.52. The number of aryl methyl sites for hydroxylation is 1. The minimum absolute atomic E-state index is 0.274. The van der Waals surface area contributed by atoms with Gasteiger partial charge in [0.1, 0.15) is 0 Å². The van der Waals surface area contributed by atoms with Crippen molar-refractivity contribution in [2.75, 3.05) is 29.9 Å². The summed E-state index contributed by atoms with van der Waals surface area (Å²) in [5.74, 6) is -0.697. The predicted molar refractivity (Wildman–Crippen MR) is 121 cm³/mol. The van der Waals surface area contributed by atoms with Crippen molar-refractivity contribution in [2.24, 2.45) is 0 Å². The maximum atomic E-state index is 12.1. The highest BCUT2D eigenvalue weighted by molar-refractivity contribution is 5.93. The molecule has 0 aliphatic carbocycles. The van der Waals surface area contributed by atoms with Crippen LogP contribution in [-0.4, -0.2) is 36.6 Å². The summed E-state index contributed by atoms with van der Waals surface area (Å²) in [7, 11) is 0. The second kappa shape index (κ2) is 10.5. The van der Waals surface area contributed by atoms with Gasteiger partial charge in [0, 0.05) is 48.0 Å². The fraction of sp³-hybridized carbons (Fsp3) is 0.333. The van der Waals surface area contributed by atoms with Crippen molar-refractivity contribution in [3.63, 3.8) is 0 Å². The molecule has 0 saturated carbocycles. The molecule has 6 nitrogen and oxygen atoms in total. The summed E-state index contributed by atoms with van der Waals surface area (Å²) in [6.07, 6.45) is 3.72. The lowest BCUT2D eigenvalue weighted by atomic mass is 10.1. The summed E-state index contributed by atoms with van der Waals surface area (Å²) < 4.78 is 5.11. The fourth-order valence-electron chi connectivity index (χ4n) is 3.52. The normalized spacial score (nSPS) is 10.7. The van der Waals surface area contributed by atoms with Crippen molar-refractivity contribution in [3.8, 4) is 0 Å². The number of hydrogen-bond acceptors (Lipinski definition) is 4. The maximum Gasteiger partial charge on any atom is 0.306 e. The Balaban J connectivity index is 1.38. The SMILES string of the molecule is CCN(CC)c1ccc(NC(=O)COC(=O)CCCc2c[nH]c3ccccc23)cc1. The van der Waals surface area contributed by atoms with Gasteiger partial charge >= 0.3 is 5.97 Å². The zero-order valence-electron chi connectivity index (χ0n) is 17.6. The van der Waals surface area contributed by atoms with Crippen LogP contribution in [0, 0.1) is 0 Å². The molecule has 0 atom stereocenters. The maximum absolute atomic E-state index is 12.1. The molecule has 1 aromatic heterocycles. The number of fused-ring (bicyclic) bond motifs is 1. The Labute approximate surface area is 177 Å². The average molecular weight is 408 g/mol. The largest absolute Gasteiger partial charge is 0.456 e. The molecule has 0 saturated heterocycles. The van der Waals surface area contributed by atoms with Crippen LogP contribution < -0.4 is 10.2 Å². The highest BCUT2D eigenvalue weighted by Gasteiger charge is 2.10. The number of hydrogen-bond donors (Lipinski definition) is 2. The van der Waals surface area contributed by atoms with E-state index >= 15 is 0 Å². The number of nitrogens with one attached hydrogen (secondary N) is 2. The van der Waals surface area contributed by atoms with E-state index in [1.54, 1.807) is 0 Å². The molecule has 0 radical (unpaired) electrons. The number of amides is 1. The van der Waals surface area contributed by atoms with Crippen molar-refractivity contribution in [1.82, 2.24) is 4.98 Å². The first-order valence-electron chi connectivity index (χ1n) is 10.5. The zero-order chi connectivity index (χ0) is 21.3. The number of esters is 1. The van der Waals surface area contributed by atoms with Crippen LogP contribution in [-0.2, 0) is 20.7 Å². The molecular formula is C24H29N3O3. The Morgan fingerprint density at radius 3 is 2.50 bits per heavy atom. The lowest BCUT2D eigenvalue weighted by Gasteiger charge is -2.21. The summed E-state index contributed by atoms with van der Waals surface area (Å²) in [5.41, 5.74) is 4.08. The lowest BCUT2D eigenvalue weighted by molar-refractivity contribution is -0.147. The molecule has 158 valence electrons. The monoisotopic (exact) mass is 407 g/mol. The van der Waals surface area contributed by atoms with Gasteiger partial charge < -0.3 is 19.9 Å². The smallest absolute Gasteiger partial charge is 0.306 e. The van der Waals surface area contributed by atoms with Gasteiger partial charge in [0.05, 0.1) is 0 Å². The van der Waals surface area contributed by atoms with Gasteiger partial charge in [-0.3, -0.25) is 9.59 Å². The quantitative estimate of drug-likeness (QED) is 0.485. The van der Waals surface area contributed by atoms with Crippen molar-refractivity contribution in [2.45, 2.75) is 33.1 Å². The Kier molecular flexibility index (Phi) is 7.49. The first kappa shape index (κ1) is 21.4. The van der Waals surface area contributed by atoms with Crippen molar-refractivity contribution in [1.29, 1.82) is 0 Å². The second-order valence-corrected chi connectivity index (χ2v) is 7.14. The lowest BCUT2D eigenvalue weighted by Crippen LogP contribution is -2.22. The van der Waals surface area contributed by atoms with Gasteiger partial charge in [-0.25, -0.2) is 0 Å². The first-order chi connectivity index (χ1) is 14.6. The van der Waals surface area contributed by atoms with Crippen LogP contribution in [0.1, 0.15) is 32.3 Å². The molecule has 0 unspecified atom stereocenters. The minimum Gasteiger partial charge on any atom is -0.456 e. The van der Waals surface area contributed by atoms with E-state index < -0.39 is 0 Å². The average Bonchev–Trinajstić information content (AvgIpc) is 3.17. The number of anilines is 2. The highest BCUT2D eigenvalue weighted by Crippen LogP contribution is 2.20. The van der Waals surface area contributed by atoms with Gasteiger partial charge in [-0.1, -0.05) is 18.2 Å². The Morgan fingerprint density at radius 2 is 1.77 bits per heavy atom. The third-order valence-corrected chi connectivity index (χ3v) is 5.15. The number of benzene rings is 2. The molecule has 2 aromatic carbocycles. The molecule has 30 heavy (non-hydrogen) atoms. The van der Waals surface area contributed by atoms with Gasteiger partial charge in [-0.05, 0) is 62.6 Å². The van der Waals surface area contributed by atoms with Crippen LogP contribution >= 0.6 is 0 Å². The minimum atomic E-state index is -0.359. The van der Waals surface area contributed by atoms with Crippen LogP contribution in [0.4, 0.5) is 11.4 Å². The van der Waals surface area contributed by atoms with Gasteiger partial charge in [-0.2, -0.15) is 0 Å². The van der Waals surface area contributed by atoms with Crippen LogP contribution in [0.5, 0.6) is 0 Å². The van der Waals surface area contributed by atoms with Crippen LogP contribution in [0.15, 0.2) is 54.7 Å². The summed E-state index contributed by atoms with van der Waals surface area (Å²) in [6, 6.07) is 15.7. The molecule has 0 bridgehead atoms. The van der Waals surface area contributed by atoms with Crippen molar-refractivity contribution >= 4 is 34.2 Å². The van der Waals surface area contributed by atoms with Gasteiger partial charge in [0.2, 0.25) is 0 Å². The Bertz CT molecular complexity index is 975. The van der Waals surface area contributed by atoms with E-state index in [-0.39, 0.29) is 24.9 Å². The summed E-state index contributed by atoms with van der Waals surface area (Å²) in [5, 5.41) is 3.94. The van der Waals surface area contributed by atoms with Crippen LogP contribution in [0.2, 0.25) is 0 Å². The number of aromatic amines is 1. The number of nitrogens with zero attached hydrogens (tertiary/aromatic N) is 1. The molecular weight excluding hydrogens is 378 g/mol. The number of H-pyrrole nitrogens is 1. The Hall–Kier alpha value is -3.28. The molecule has 0 spiro atoms. The molecule has 0 aliphatic rings. The summed E-state index contributed by atoms with van der Waals surface area (Å²) in [6.45, 7) is 5.79. The molecule has 1 amide bonds. The Morgan fingerprint density at radius 1 is 1.03 bits per heavy atom. The molecule has 2 N–H and O–H groups in total. The fourth-order valence-corrected chi connectivity index (χ4v) is 3.52. The van der Waals surface area contributed by atoms with E-state index in [2.05, 4.69) is 35.1 Å². The molecule has 6 heteroatoms. The molecule has 3 aromatic rings.